The van der Waals surface area contributed by atoms with Gasteiger partial charge in [0, 0.05) is 10.5 Å². The number of fused-ring (bicyclic) bond motifs is 1. The first-order valence-corrected chi connectivity index (χ1v) is 8.55. The molecule has 1 saturated carbocycles. The van der Waals surface area contributed by atoms with Gasteiger partial charge in [0.05, 0.1) is 10.2 Å². The van der Waals surface area contributed by atoms with Crippen molar-refractivity contribution in [2.24, 2.45) is 11.8 Å². The van der Waals surface area contributed by atoms with Crippen LogP contribution in [-0.2, 0) is 0 Å². The zero-order valence-corrected chi connectivity index (χ0v) is 13.7. The van der Waals surface area contributed by atoms with Crippen molar-refractivity contribution in [3.63, 3.8) is 0 Å². The first-order valence-electron chi connectivity index (χ1n) is 6.94. The SMILES string of the molecule is CC1CCC(Nc2nc3ccc(Br)cc3s2)C(C)C1. The topological polar surface area (TPSA) is 24.9 Å². The third-order valence-corrected chi connectivity index (χ3v) is 5.53. The highest BCUT2D eigenvalue weighted by Crippen LogP contribution is 2.33. The van der Waals surface area contributed by atoms with Crippen molar-refractivity contribution < 1.29 is 0 Å². The summed E-state index contributed by atoms with van der Waals surface area (Å²) >= 11 is 5.27. The third-order valence-electron chi connectivity index (χ3n) is 4.09. The number of aromatic nitrogens is 1. The maximum atomic E-state index is 4.69. The molecule has 0 saturated heterocycles. The molecule has 0 aliphatic heterocycles. The van der Waals surface area contributed by atoms with Crippen molar-refractivity contribution in [2.45, 2.75) is 39.2 Å². The smallest absolute Gasteiger partial charge is 0.184 e. The molecule has 4 heteroatoms. The zero-order chi connectivity index (χ0) is 13.4. The van der Waals surface area contributed by atoms with Crippen molar-refractivity contribution >= 4 is 42.6 Å². The van der Waals surface area contributed by atoms with Gasteiger partial charge >= 0.3 is 0 Å². The highest BCUT2D eigenvalue weighted by atomic mass is 79.9. The van der Waals surface area contributed by atoms with E-state index in [-0.39, 0.29) is 0 Å². The van der Waals surface area contributed by atoms with E-state index in [2.05, 4.69) is 58.3 Å². The fraction of sp³-hybridized carbons (Fsp3) is 0.533. The Balaban J connectivity index is 1.77. The van der Waals surface area contributed by atoms with Crippen molar-refractivity contribution in [1.82, 2.24) is 4.98 Å². The number of nitrogens with one attached hydrogen (secondary N) is 1. The van der Waals surface area contributed by atoms with Crippen LogP contribution in [0.2, 0.25) is 0 Å². The first kappa shape index (κ1) is 13.4. The fourth-order valence-electron chi connectivity index (χ4n) is 3.00. The summed E-state index contributed by atoms with van der Waals surface area (Å²) in [6.07, 6.45) is 3.93. The molecule has 1 aromatic heterocycles. The number of hydrogen-bond acceptors (Lipinski definition) is 3. The fourth-order valence-corrected chi connectivity index (χ4v) is 4.48. The van der Waals surface area contributed by atoms with Crippen LogP contribution in [-0.4, -0.2) is 11.0 Å². The lowest BCUT2D eigenvalue weighted by molar-refractivity contribution is 0.276. The molecule has 0 bridgehead atoms. The quantitative estimate of drug-likeness (QED) is 0.803. The summed E-state index contributed by atoms with van der Waals surface area (Å²) in [5, 5.41) is 4.72. The highest BCUT2D eigenvalue weighted by Gasteiger charge is 2.25. The minimum absolute atomic E-state index is 0.584. The van der Waals surface area contributed by atoms with E-state index in [1.165, 1.54) is 24.0 Å². The molecule has 3 rings (SSSR count). The number of thiazole rings is 1. The van der Waals surface area contributed by atoms with Gasteiger partial charge in [-0.05, 0) is 49.3 Å². The molecule has 1 fully saturated rings. The molecule has 2 aromatic rings. The molecule has 0 radical (unpaired) electrons. The number of halogens is 1. The Kier molecular flexibility index (Phi) is 3.81. The molecule has 1 aliphatic carbocycles. The van der Waals surface area contributed by atoms with Gasteiger partial charge in [-0.25, -0.2) is 4.98 Å². The molecular formula is C15H19BrN2S. The summed E-state index contributed by atoms with van der Waals surface area (Å²) in [4.78, 5) is 4.69. The predicted molar refractivity (Wildman–Crippen MR) is 86.9 cm³/mol. The molecule has 3 unspecified atom stereocenters. The standard InChI is InChI=1S/C15H19BrN2S/c1-9-3-5-12(10(2)7-9)17-15-18-13-6-4-11(16)8-14(13)19-15/h4,6,8-10,12H,3,5,7H2,1-2H3,(H,17,18). The molecule has 102 valence electrons. The van der Waals surface area contributed by atoms with Crippen LogP contribution in [0, 0.1) is 11.8 Å². The van der Waals surface area contributed by atoms with E-state index < -0.39 is 0 Å². The van der Waals surface area contributed by atoms with E-state index in [1.807, 2.05) is 0 Å². The van der Waals surface area contributed by atoms with E-state index in [1.54, 1.807) is 11.3 Å². The second-order valence-corrected chi connectivity index (χ2v) is 7.72. The van der Waals surface area contributed by atoms with Crippen LogP contribution in [0.25, 0.3) is 10.2 Å². The Morgan fingerprint density at radius 2 is 2.16 bits per heavy atom. The van der Waals surface area contributed by atoms with Crippen molar-refractivity contribution in [3.05, 3.63) is 22.7 Å². The Hall–Kier alpha value is -0.610. The molecule has 1 aromatic carbocycles. The van der Waals surface area contributed by atoms with Crippen molar-refractivity contribution in [3.8, 4) is 0 Å². The number of nitrogens with zero attached hydrogens (tertiary/aromatic N) is 1. The minimum atomic E-state index is 0.584. The largest absolute Gasteiger partial charge is 0.358 e. The van der Waals surface area contributed by atoms with Gasteiger partial charge in [0.1, 0.15) is 0 Å². The lowest BCUT2D eigenvalue weighted by Gasteiger charge is -2.33. The average Bonchev–Trinajstić information content (AvgIpc) is 2.74. The van der Waals surface area contributed by atoms with Crippen LogP contribution >= 0.6 is 27.3 Å². The van der Waals surface area contributed by atoms with Gasteiger partial charge in [-0.1, -0.05) is 41.1 Å². The molecule has 2 nitrogen and oxygen atoms in total. The van der Waals surface area contributed by atoms with Crippen molar-refractivity contribution in [2.75, 3.05) is 5.32 Å². The van der Waals surface area contributed by atoms with E-state index in [9.17, 15) is 0 Å². The molecular weight excluding hydrogens is 320 g/mol. The summed E-state index contributed by atoms with van der Waals surface area (Å²) < 4.78 is 2.36. The van der Waals surface area contributed by atoms with Crippen LogP contribution in [0.4, 0.5) is 5.13 Å². The van der Waals surface area contributed by atoms with E-state index in [0.717, 1.165) is 27.0 Å². The maximum absolute atomic E-state index is 4.69. The lowest BCUT2D eigenvalue weighted by atomic mass is 9.80. The maximum Gasteiger partial charge on any atom is 0.184 e. The second-order valence-electron chi connectivity index (χ2n) is 5.78. The second kappa shape index (κ2) is 5.41. The van der Waals surface area contributed by atoms with Crippen LogP contribution < -0.4 is 5.32 Å². The summed E-state index contributed by atoms with van der Waals surface area (Å²) in [5.41, 5.74) is 1.09. The predicted octanol–water partition coefficient (Wildman–Crippen LogP) is 5.30. The average molecular weight is 339 g/mol. The molecule has 0 spiro atoms. The molecule has 1 aliphatic rings. The summed E-state index contributed by atoms with van der Waals surface area (Å²) in [6.45, 7) is 4.72. The van der Waals surface area contributed by atoms with Gasteiger partial charge in [-0.3, -0.25) is 0 Å². The highest BCUT2D eigenvalue weighted by molar-refractivity contribution is 9.10. The number of anilines is 1. The molecule has 1 N–H and O–H groups in total. The summed E-state index contributed by atoms with van der Waals surface area (Å²) in [6, 6.07) is 6.86. The Morgan fingerprint density at radius 3 is 2.95 bits per heavy atom. The van der Waals surface area contributed by atoms with Gasteiger partial charge in [-0.15, -0.1) is 0 Å². The van der Waals surface area contributed by atoms with Crippen molar-refractivity contribution in [1.29, 1.82) is 0 Å². The van der Waals surface area contributed by atoms with E-state index in [0.29, 0.717) is 6.04 Å². The van der Waals surface area contributed by atoms with Gasteiger partial charge in [0.15, 0.2) is 5.13 Å². The van der Waals surface area contributed by atoms with Gasteiger partial charge in [0.2, 0.25) is 0 Å². The van der Waals surface area contributed by atoms with Crippen LogP contribution in [0.3, 0.4) is 0 Å². The summed E-state index contributed by atoms with van der Waals surface area (Å²) in [5.74, 6) is 1.61. The molecule has 3 atom stereocenters. The minimum Gasteiger partial charge on any atom is -0.358 e. The number of hydrogen-bond donors (Lipinski definition) is 1. The number of benzene rings is 1. The lowest BCUT2D eigenvalue weighted by Crippen LogP contribution is -2.32. The van der Waals surface area contributed by atoms with Crippen LogP contribution in [0.15, 0.2) is 22.7 Å². The van der Waals surface area contributed by atoms with E-state index >= 15 is 0 Å². The Bertz CT molecular complexity index is 581. The Morgan fingerprint density at radius 1 is 1.32 bits per heavy atom. The summed E-state index contributed by atoms with van der Waals surface area (Å²) in [7, 11) is 0. The van der Waals surface area contributed by atoms with Crippen LogP contribution in [0.1, 0.15) is 33.1 Å². The van der Waals surface area contributed by atoms with Gasteiger partial charge in [0.25, 0.3) is 0 Å². The molecule has 0 amide bonds. The van der Waals surface area contributed by atoms with E-state index in [4.69, 9.17) is 0 Å². The molecule has 19 heavy (non-hydrogen) atoms. The third kappa shape index (κ3) is 2.95. The Labute approximate surface area is 126 Å². The van der Waals surface area contributed by atoms with Gasteiger partial charge in [-0.2, -0.15) is 0 Å². The normalized spacial score (nSPS) is 27.6. The van der Waals surface area contributed by atoms with Crippen LogP contribution in [0.5, 0.6) is 0 Å². The van der Waals surface area contributed by atoms with Gasteiger partial charge < -0.3 is 5.32 Å². The monoisotopic (exact) mass is 338 g/mol. The zero-order valence-electron chi connectivity index (χ0n) is 11.3. The number of rotatable bonds is 2. The molecule has 1 heterocycles. The first-order chi connectivity index (χ1) is 9.11.